The van der Waals surface area contributed by atoms with Crippen molar-refractivity contribution < 1.29 is 29.0 Å². The summed E-state index contributed by atoms with van der Waals surface area (Å²) in [5, 5.41) is 11.6. The Hall–Kier alpha value is -3.14. The van der Waals surface area contributed by atoms with Gasteiger partial charge in [-0.3, -0.25) is 14.9 Å². The number of primary amides is 1. The lowest BCUT2D eigenvalue weighted by atomic mass is 10.1. The molecule has 2 rings (SSSR count). The molecule has 0 atom stereocenters. The second-order valence-corrected chi connectivity index (χ2v) is 7.66. The van der Waals surface area contributed by atoms with E-state index < -0.39 is 23.4 Å². The normalized spacial score (nSPS) is 11.2. The number of nitrogens with one attached hydrogen (secondary N) is 1. The first kappa shape index (κ1) is 21.2. The highest BCUT2D eigenvalue weighted by atomic mass is 32.1. The Morgan fingerprint density at radius 3 is 2.39 bits per heavy atom. The minimum Gasteiger partial charge on any atom is -0.491 e. The molecule has 0 spiro atoms. The van der Waals surface area contributed by atoms with E-state index in [0.29, 0.717) is 5.75 Å². The number of hydrogen-bond acceptors (Lipinski definition) is 7. The third-order valence-electron chi connectivity index (χ3n) is 3.39. The molecule has 1 aromatic carbocycles. The van der Waals surface area contributed by atoms with E-state index in [1.54, 1.807) is 6.07 Å². The molecule has 10 heteroatoms. The van der Waals surface area contributed by atoms with Gasteiger partial charge >= 0.3 is 5.97 Å². The third-order valence-corrected chi connectivity index (χ3v) is 4.29. The Labute approximate surface area is 165 Å². The third kappa shape index (κ3) is 5.43. The van der Waals surface area contributed by atoms with Crippen LogP contribution in [0.5, 0.6) is 11.5 Å². The van der Waals surface area contributed by atoms with E-state index in [1.165, 1.54) is 26.0 Å². The fourth-order valence-corrected chi connectivity index (χ4v) is 2.78. The number of nitrogens with two attached hydrogens (primary N) is 1. The van der Waals surface area contributed by atoms with Gasteiger partial charge in [-0.25, -0.2) is 9.78 Å². The molecule has 1 aromatic heterocycles. The molecule has 28 heavy (non-hydrogen) atoms. The maximum Gasteiger partial charge on any atom is 0.347 e. The lowest BCUT2D eigenvalue weighted by molar-refractivity contribution is -0.128. The number of aromatic carboxylic acids is 1. The summed E-state index contributed by atoms with van der Waals surface area (Å²) in [6.07, 6.45) is 1.02. The van der Waals surface area contributed by atoms with Crippen molar-refractivity contribution in [2.24, 2.45) is 5.73 Å². The zero-order chi connectivity index (χ0) is 21.1. The van der Waals surface area contributed by atoms with Gasteiger partial charge in [0.25, 0.3) is 5.91 Å². The fraction of sp³-hybridized carbons (Fsp3) is 0.333. The second-order valence-electron chi connectivity index (χ2n) is 6.63. The summed E-state index contributed by atoms with van der Waals surface area (Å²) >= 11 is 0.828. The van der Waals surface area contributed by atoms with Crippen LogP contribution in [0, 0.1) is 0 Å². The van der Waals surface area contributed by atoms with Crippen molar-refractivity contribution in [3.63, 3.8) is 0 Å². The van der Waals surface area contributed by atoms with Crippen LogP contribution in [-0.4, -0.2) is 39.6 Å². The topological polar surface area (TPSA) is 141 Å². The van der Waals surface area contributed by atoms with Gasteiger partial charge in [0.1, 0.15) is 16.4 Å². The maximum atomic E-state index is 12.6. The van der Waals surface area contributed by atoms with Crippen LogP contribution in [0.2, 0.25) is 0 Å². The predicted molar refractivity (Wildman–Crippen MR) is 103 cm³/mol. The summed E-state index contributed by atoms with van der Waals surface area (Å²) in [5.41, 5.74) is 4.17. The average molecular weight is 407 g/mol. The van der Waals surface area contributed by atoms with Crippen LogP contribution in [-0.2, 0) is 4.79 Å². The van der Waals surface area contributed by atoms with Crippen molar-refractivity contribution in [3.8, 4) is 11.5 Å². The first-order valence-corrected chi connectivity index (χ1v) is 9.10. The van der Waals surface area contributed by atoms with Gasteiger partial charge in [0.15, 0.2) is 10.7 Å². The molecule has 9 nitrogen and oxygen atoms in total. The first-order valence-electron chi connectivity index (χ1n) is 8.29. The number of anilines is 1. The number of carboxylic acids is 1. The molecule has 0 radical (unpaired) electrons. The van der Waals surface area contributed by atoms with Gasteiger partial charge in [0.2, 0.25) is 5.91 Å². The first-order chi connectivity index (χ1) is 13.0. The quantitative estimate of drug-likeness (QED) is 0.610. The Balaban J connectivity index is 2.21. The van der Waals surface area contributed by atoms with Crippen LogP contribution >= 0.6 is 11.3 Å². The highest BCUT2D eigenvalue weighted by Crippen LogP contribution is 2.28. The van der Waals surface area contributed by atoms with Crippen molar-refractivity contribution >= 4 is 34.3 Å². The number of amides is 2. The van der Waals surface area contributed by atoms with Gasteiger partial charge in [-0.1, -0.05) is 11.3 Å². The van der Waals surface area contributed by atoms with Crippen LogP contribution < -0.4 is 20.5 Å². The summed E-state index contributed by atoms with van der Waals surface area (Å²) in [6, 6.07) is 4.45. The van der Waals surface area contributed by atoms with E-state index in [1.807, 2.05) is 13.8 Å². The van der Waals surface area contributed by atoms with Crippen molar-refractivity contribution in [2.75, 3.05) is 5.32 Å². The van der Waals surface area contributed by atoms with Gasteiger partial charge in [-0.2, -0.15) is 0 Å². The molecule has 0 aliphatic heterocycles. The molecule has 2 aromatic rings. The van der Waals surface area contributed by atoms with E-state index in [9.17, 15) is 14.4 Å². The summed E-state index contributed by atoms with van der Waals surface area (Å²) in [7, 11) is 0. The highest BCUT2D eigenvalue weighted by molar-refractivity contribution is 7.17. The molecule has 2 amide bonds. The molecular weight excluding hydrogens is 386 g/mol. The number of nitrogens with zero attached hydrogens (tertiary/aromatic N) is 1. The van der Waals surface area contributed by atoms with E-state index in [2.05, 4.69) is 10.3 Å². The highest BCUT2D eigenvalue weighted by Gasteiger charge is 2.31. The monoisotopic (exact) mass is 407 g/mol. The zero-order valence-corrected chi connectivity index (χ0v) is 16.6. The predicted octanol–water partition coefficient (Wildman–Crippen LogP) is 2.52. The van der Waals surface area contributed by atoms with Crippen molar-refractivity contribution in [1.29, 1.82) is 0 Å². The number of thiazole rings is 1. The molecule has 0 bridgehead atoms. The smallest absolute Gasteiger partial charge is 0.347 e. The van der Waals surface area contributed by atoms with Crippen LogP contribution in [0.15, 0.2) is 24.4 Å². The molecule has 4 N–H and O–H groups in total. The minimum atomic E-state index is -1.36. The molecule has 0 saturated heterocycles. The van der Waals surface area contributed by atoms with Crippen molar-refractivity contribution in [1.82, 2.24) is 4.98 Å². The Morgan fingerprint density at radius 2 is 1.86 bits per heavy atom. The van der Waals surface area contributed by atoms with Gasteiger partial charge in [0, 0.05) is 11.6 Å². The molecule has 150 valence electrons. The minimum absolute atomic E-state index is 0.00124. The standard InChI is InChI=1S/C18H21N3O6S/c1-9(2)26-11-5-10(14(19)22)6-12(7-11)27-18(3,4)16(25)21-17-20-8-13(28-17)15(23)24/h5-9H,1-4H3,(H2,19,22)(H,23,24)(H,20,21,25). The van der Waals surface area contributed by atoms with Crippen molar-refractivity contribution in [3.05, 3.63) is 34.8 Å². The molecule has 0 saturated carbocycles. The molecular formula is C18H21N3O6S. The van der Waals surface area contributed by atoms with Gasteiger partial charge in [0.05, 0.1) is 12.3 Å². The number of carboxylic acid groups (broad SMARTS) is 1. The van der Waals surface area contributed by atoms with Crippen molar-refractivity contribution in [2.45, 2.75) is 39.4 Å². The molecule has 0 aliphatic rings. The largest absolute Gasteiger partial charge is 0.491 e. The Morgan fingerprint density at radius 1 is 1.21 bits per heavy atom. The number of carbonyl (C=O) groups excluding carboxylic acids is 2. The zero-order valence-electron chi connectivity index (χ0n) is 15.8. The lowest BCUT2D eigenvalue weighted by Crippen LogP contribution is -2.42. The average Bonchev–Trinajstić information content (AvgIpc) is 3.02. The summed E-state index contributed by atoms with van der Waals surface area (Å²) in [4.78, 5) is 38.9. The van der Waals surface area contributed by atoms with E-state index in [-0.39, 0.29) is 27.4 Å². The van der Waals surface area contributed by atoms with E-state index >= 15 is 0 Å². The maximum absolute atomic E-state index is 12.6. The number of ether oxygens (including phenoxy) is 2. The van der Waals surface area contributed by atoms with Crippen LogP contribution in [0.1, 0.15) is 47.7 Å². The molecule has 0 fully saturated rings. The van der Waals surface area contributed by atoms with Crippen LogP contribution in [0.4, 0.5) is 5.13 Å². The number of rotatable bonds is 8. The van der Waals surface area contributed by atoms with Crippen LogP contribution in [0.3, 0.4) is 0 Å². The van der Waals surface area contributed by atoms with Gasteiger partial charge in [-0.15, -0.1) is 0 Å². The summed E-state index contributed by atoms with van der Waals surface area (Å²) in [6.45, 7) is 6.70. The number of hydrogen-bond donors (Lipinski definition) is 3. The molecule has 0 aliphatic carbocycles. The molecule has 0 unspecified atom stereocenters. The Kier molecular flexibility index (Phi) is 6.24. The number of benzene rings is 1. The summed E-state index contributed by atoms with van der Waals surface area (Å²) in [5.74, 6) is -1.74. The number of carbonyl (C=O) groups is 3. The van der Waals surface area contributed by atoms with E-state index in [4.69, 9.17) is 20.3 Å². The van der Waals surface area contributed by atoms with E-state index in [0.717, 1.165) is 17.5 Å². The number of aromatic nitrogens is 1. The SMILES string of the molecule is CC(C)Oc1cc(OC(C)(C)C(=O)Nc2ncc(C(=O)O)s2)cc(C(N)=O)c1. The van der Waals surface area contributed by atoms with Gasteiger partial charge in [-0.05, 0) is 39.8 Å². The Bertz CT molecular complexity index is 906. The van der Waals surface area contributed by atoms with Crippen LogP contribution in [0.25, 0.3) is 0 Å². The second kappa shape index (κ2) is 8.26. The molecule has 1 heterocycles. The lowest BCUT2D eigenvalue weighted by Gasteiger charge is -2.25. The summed E-state index contributed by atoms with van der Waals surface area (Å²) < 4.78 is 11.4. The fourth-order valence-electron chi connectivity index (χ4n) is 2.13. The van der Waals surface area contributed by atoms with Gasteiger partial charge < -0.3 is 20.3 Å².